The number of aromatic nitrogens is 3. The fourth-order valence-corrected chi connectivity index (χ4v) is 1.45. The maximum atomic E-state index is 11.7. The van der Waals surface area contributed by atoms with Gasteiger partial charge in [-0.1, -0.05) is 0 Å². The van der Waals surface area contributed by atoms with E-state index in [0.29, 0.717) is 17.1 Å². The zero-order valence-electron chi connectivity index (χ0n) is 10.8. The summed E-state index contributed by atoms with van der Waals surface area (Å²) in [6.45, 7) is -1.16. The molecule has 1 aromatic rings. The third-order valence-electron chi connectivity index (χ3n) is 2.37. The van der Waals surface area contributed by atoms with Crippen molar-refractivity contribution in [3.63, 3.8) is 0 Å². The molecule has 0 aliphatic rings. The van der Waals surface area contributed by atoms with Gasteiger partial charge in [-0.25, -0.2) is 4.79 Å². The van der Waals surface area contributed by atoms with Crippen LogP contribution < -0.4 is 5.32 Å². The molecule has 0 radical (unpaired) electrons. The number of hydrogen-bond acceptors (Lipinski definition) is 5. The Labute approximate surface area is 114 Å². The summed E-state index contributed by atoms with van der Waals surface area (Å²) in [5, 5.41) is 27.2. The van der Waals surface area contributed by atoms with E-state index in [2.05, 4.69) is 15.5 Å². The van der Waals surface area contributed by atoms with Gasteiger partial charge >= 0.3 is 18.0 Å². The van der Waals surface area contributed by atoms with E-state index in [1.165, 1.54) is 6.33 Å². The number of amides is 2. The van der Waals surface area contributed by atoms with Crippen molar-refractivity contribution in [2.24, 2.45) is 7.05 Å². The van der Waals surface area contributed by atoms with Gasteiger partial charge in [-0.05, 0) is 0 Å². The molecule has 0 aliphatic heterocycles. The lowest BCUT2D eigenvalue weighted by Gasteiger charge is -2.18. The summed E-state index contributed by atoms with van der Waals surface area (Å²) in [4.78, 5) is 33.5. The van der Waals surface area contributed by atoms with Crippen LogP contribution in [0.15, 0.2) is 6.33 Å². The highest BCUT2D eigenvalue weighted by Gasteiger charge is 2.19. The Bertz CT molecular complexity index is 484. The van der Waals surface area contributed by atoms with Crippen LogP contribution in [0.2, 0.25) is 0 Å². The van der Waals surface area contributed by atoms with Crippen molar-refractivity contribution in [3.8, 4) is 0 Å². The molecule has 3 N–H and O–H groups in total. The molecule has 110 valence electrons. The summed E-state index contributed by atoms with van der Waals surface area (Å²) in [6.07, 6.45) is 1.91. The van der Waals surface area contributed by atoms with Gasteiger partial charge in [0.25, 0.3) is 0 Å². The molecule has 1 rings (SSSR count). The summed E-state index contributed by atoms with van der Waals surface area (Å²) in [5.41, 5.74) is 0. The minimum absolute atomic E-state index is 0.196. The van der Waals surface area contributed by atoms with E-state index in [9.17, 15) is 14.4 Å². The second kappa shape index (κ2) is 7.07. The van der Waals surface area contributed by atoms with Crippen molar-refractivity contribution in [3.05, 3.63) is 12.2 Å². The average Bonchev–Trinajstić information content (AvgIpc) is 2.73. The van der Waals surface area contributed by atoms with Crippen LogP contribution in [-0.2, 0) is 23.1 Å². The first-order valence-electron chi connectivity index (χ1n) is 5.69. The Kier molecular flexibility index (Phi) is 5.44. The van der Waals surface area contributed by atoms with Crippen LogP contribution in [0.4, 0.5) is 4.79 Å². The molecule has 0 atom stereocenters. The standard InChI is InChI=1S/C10H15N5O5/c1-14-6-12-13-7(14)2-3-11-10(20)15(4-8(16)17)5-9(18)19/h6H,2-5H2,1H3,(H,11,20)(H,16,17)(H,18,19). The molecule has 10 heteroatoms. The molecule has 2 amide bonds. The van der Waals surface area contributed by atoms with Gasteiger partial charge in [-0.3, -0.25) is 9.59 Å². The first-order chi connectivity index (χ1) is 9.40. The van der Waals surface area contributed by atoms with Crippen molar-refractivity contribution in [1.82, 2.24) is 25.0 Å². The van der Waals surface area contributed by atoms with Crippen molar-refractivity contribution in [1.29, 1.82) is 0 Å². The second-order valence-corrected chi connectivity index (χ2v) is 3.98. The monoisotopic (exact) mass is 285 g/mol. The van der Waals surface area contributed by atoms with Crippen LogP contribution in [0.5, 0.6) is 0 Å². The molecule has 20 heavy (non-hydrogen) atoms. The molecular formula is C10H15N5O5. The van der Waals surface area contributed by atoms with E-state index in [4.69, 9.17) is 10.2 Å². The van der Waals surface area contributed by atoms with Crippen LogP contribution in [0.3, 0.4) is 0 Å². The van der Waals surface area contributed by atoms with Crippen LogP contribution in [-0.4, -0.2) is 67.5 Å². The number of carbonyl (C=O) groups is 3. The number of nitrogens with zero attached hydrogens (tertiary/aromatic N) is 4. The molecule has 0 fully saturated rings. The molecule has 0 aromatic carbocycles. The van der Waals surface area contributed by atoms with Gasteiger partial charge in [0, 0.05) is 20.0 Å². The first-order valence-corrected chi connectivity index (χ1v) is 5.69. The van der Waals surface area contributed by atoms with Crippen molar-refractivity contribution in [2.75, 3.05) is 19.6 Å². The summed E-state index contributed by atoms with van der Waals surface area (Å²) in [5.74, 6) is -1.92. The predicted octanol–water partition coefficient (Wildman–Crippen LogP) is -1.46. The summed E-state index contributed by atoms with van der Waals surface area (Å²) in [7, 11) is 1.75. The van der Waals surface area contributed by atoms with E-state index in [0.717, 1.165) is 0 Å². The smallest absolute Gasteiger partial charge is 0.323 e. The molecule has 0 spiro atoms. The Balaban J connectivity index is 2.47. The normalized spacial score (nSPS) is 10.1. The number of carboxylic acid groups (broad SMARTS) is 2. The van der Waals surface area contributed by atoms with Gasteiger partial charge in [0.2, 0.25) is 0 Å². The number of carboxylic acids is 2. The number of urea groups is 1. The molecule has 0 aliphatic carbocycles. The molecule has 10 nitrogen and oxygen atoms in total. The minimum atomic E-state index is -1.28. The highest BCUT2D eigenvalue weighted by Crippen LogP contribution is 1.94. The number of rotatable bonds is 7. The summed E-state index contributed by atoms with van der Waals surface area (Å²) < 4.78 is 1.68. The molecule has 0 unspecified atom stereocenters. The maximum absolute atomic E-state index is 11.7. The number of nitrogens with one attached hydrogen (secondary N) is 1. The minimum Gasteiger partial charge on any atom is -0.480 e. The fraction of sp³-hybridized carbons (Fsp3) is 0.500. The largest absolute Gasteiger partial charge is 0.480 e. The molecule has 0 saturated heterocycles. The lowest BCUT2D eigenvalue weighted by atomic mass is 10.4. The Morgan fingerprint density at radius 3 is 2.35 bits per heavy atom. The molecule has 1 aromatic heterocycles. The lowest BCUT2D eigenvalue weighted by Crippen LogP contribution is -2.45. The lowest BCUT2D eigenvalue weighted by molar-refractivity contribution is -0.140. The van der Waals surface area contributed by atoms with Gasteiger partial charge in [0.05, 0.1) is 0 Å². The zero-order chi connectivity index (χ0) is 15.1. The highest BCUT2D eigenvalue weighted by atomic mass is 16.4. The van der Waals surface area contributed by atoms with E-state index in [1.807, 2.05) is 0 Å². The number of carbonyl (C=O) groups excluding carboxylic acids is 1. The van der Waals surface area contributed by atoms with Crippen LogP contribution >= 0.6 is 0 Å². The topological polar surface area (TPSA) is 138 Å². The first kappa shape index (κ1) is 15.4. The van der Waals surface area contributed by atoms with Crippen LogP contribution in [0.25, 0.3) is 0 Å². The van der Waals surface area contributed by atoms with Crippen molar-refractivity contribution >= 4 is 18.0 Å². The van der Waals surface area contributed by atoms with Gasteiger partial charge in [-0.15, -0.1) is 10.2 Å². The maximum Gasteiger partial charge on any atom is 0.323 e. The third kappa shape index (κ3) is 4.92. The van der Waals surface area contributed by atoms with E-state index in [1.54, 1.807) is 11.6 Å². The number of aliphatic carboxylic acids is 2. The predicted molar refractivity (Wildman–Crippen MR) is 65.0 cm³/mol. The van der Waals surface area contributed by atoms with Crippen molar-refractivity contribution in [2.45, 2.75) is 6.42 Å². The van der Waals surface area contributed by atoms with Gasteiger partial charge in [0.1, 0.15) is 25.2 Å². The Morgan fingerprint density at radius 1 is 1.30 bits per heavy atom. The molecule has 0 bridgehead atoms. The van der Waals surface area contributed by atoms with E-state index >= 15 is 0 Å². The van der Waals surface area contributed by atoms with Crippen LogP contribution in [0, 0.1) is 0 Å². The molecule has 1 heterocycles. The van der Waals surface area contributed by atoms with E-state index in [-0.39, 0.29) is 6.54 Å². The number of hydrogen-bond donors (Lipinski definition) is 3. The fourth-order valence-electron chi connectivity index (χ4n) is 1.45. The van der Waals surface area contributed by atoms with Gasteiger partial charge in [0.15, 0.2) is 0 Å². The Morgan fingerprint density at radius 2 is 1.90 bits per heavy atom. The summed E-state index contributed by atoms with van der Waals surface area (Å²) >= 11 is 0. The molecular weight excluding hydrogens is 270 g/mol. The SMILES string of the molecule is Cn1cnnc1CCNC(=O)N(CC(=O)O)CC(=O)O. The van der Waals surface area contributed by atoms with Gasteiger partial charge < -0.3 is 25.0 Å². The quantitative estimate of drug-likeness (QED) is 0.556. The highest BCUT2D eigenvalue weighted by molar-refractivity contribution is 5.84. The van der Waals surface area contributed by atoms with E-state index < -0.39 is 31.1 Å². The van der Waals surface area contributed by atoms with Gasteiger partial charge in [-0.2, -0.15) is 0 Å². The van der Waals surface area contributed by atoms with Crippen molar-refractivity contribution < 1.29 is 24.6 Å². The second-order valence-electron chi connectivity index (χ2n) is 3.98. The average molecular weight is 285 g/mol. The molecule has 0 saturated carbocycles. The number of aryl methyl sites for hydroxylation is 1. The third-order valence-corrected chi connectivity index (χ3v) is 2.37. The van der Waals surface area contributed by atoms with Crippen LogP contribution in [0.1, 0.15) is 5.82 Å². The summed E-state index contributed by atoms with van der Waals surface area (Å²) in [6, 6.07) is -0.753. The zero-order valence-corrected chi connectivity index (χ0v) is 10.8. The Hall–Kier alpha value is -2.65.